The average molecular weight is 333 g/mol. The van der Waals surface area contributed by atoms with Crippen molar-refractivity contribution in [3.8, 4) is 11.4 Å². The molecule has 2 aromatic heterocycles. The lowest BCUT2D eigenvalue weighted by atomic mass is 10.2. The summed E-state index contributed by atoms with van der Waals surface area (Å²) >= 11 is 3.28. The first-order valence-corrected chi connectivity index (χ1v) is 6.73. The summed E-state index contributed by atoms with van der Waals surface area (Å²) in [5, 5.41) is 3.61. The molecule has 6 heteroatoms. The first-order chi connectivity index (χ1) is 9.69. The number of pyridine rings is 1. The van der Waals surface area contributed by atoms with E-state index < -0.39 is 5.82 Å². The predicted molar refractivity (Wildman–Crippen MR) is 80.0 cm³/mol. The summed E-state index contributed by atoms with van der Waals surface area (Å²) in [6.07, 6.45) is 3.32. The van der Waals surface area contributed by atoms with Crippen LogP contribution in [-0.4, -0.2) is 22.0 Å². The molecule has 0 aliphatic carbocycles. The van der Waals surface area contributed by atoms with Crippen molar-refractivity contribution in [2.24, 2.45) is 0 Å². The number of halogens is 2. The Balaban J connectivity index is 2.32. The largest absolute Gasteiger partial charge is 0.373 e. The number of hydrogen-bond donors (Lipinski definition) is 1. The SMILES string of the molecule is CNc1nc(-c2cccnc2)nc2c(F)cc(Br)cc12. The highest BCUT2D eigenvalue weighted by molar-refractivity contribution is 9.10. The van der Waals surface area contributed by atoms with E-state index in [1.54, 1.807) is 31.6 Å². The van der Waals surface area contributed by atoms with Gasteiger partial charge in [0.1, 0.15) is 11.3 Å². The Hall–Kier alpha value is -2.08. The van der Waals surface area contributed by atoms with Gasteiger partial charge in [0.05, 0.1) is 0 Å². The van der Waals surface area contributed by atoms with E-state index in [2.05, 4.69) is 36.2 Å². The van der Waals surface area contributed by atoms with Crippen molar-refractivity contribution in [1.82, 2.24) is 15.0 Å². The van der Waals surface area contributed by atoms with E-state index in [1.807, 2.05) is 6.07 Å². The lowest BCUT2D eigenvalue weighted by molar-refractivity contribution is 0.636. The molecule has 1 N–H and O–H groups in total. The Kier molecular flexibility index (Phi) is 3.31. The van der Waals surface area contributed by atoms with Gasteiger partial charge in [-0.1, -0.05) is 15.9 Å². The topological polar surface area (TPSA) is 50.7 Å². The number of benzene rings is 1. The van der Waals surface area contributed by atoms with Crippen LogP contribution in [0.2, 0.25) is 0 Å². The minimum absolute atomic E-state index is 0.284. The fourth-order valence-corrected chi connectivity index (χ4v) is 2.40. The summed E-state index contributed by atoms with van der Waals surface area (Å²) in [6, 6.07) is 6.81. The summed E-state index contributed by atoms with van der Waals surface area (Å²) in [6.45, 7) is 0. The first-order valence-electron chi connectivity index (χ1n) is 5.94. The second-order valence-electron chi connectivity index (χ2n) is 4.17. The molecule has 3 aromatic rings. The number of rotatable bonds is 2. The molecule has 1 aromatic carbocycles. The van der Waals surface area contributed by atoms with E-state index in [-0.39, 0.29) is 5.52 Å². The van der Waals surface area contributed by atoms with Gasteiger partial charge in [-0.05, 0) is 24.3 Å². The maximum atomic E-state index is 14.1. The fourth-order valence-electron chi connectivity index (χ4n) is 1.97. The highest BCUT2D eigenvalue weighted by atomic mass is 79.9. The monoisotopic (exact) mass is 332 g/mol. The zero-order chi connectivity index (χ0) is 14.1. The summed E-state index contributed by atoms with van der Waals surface area (Å²) < 4.78 is 14.7. The maximum absolute atomic E-state index is 14.1. The van der Waals surface area contributed by atoms with Crippen LogP contribution in [0, 0.1) is 5.82 Å². The molecule has 0 unspecified atom stereocenters. The Morgan fingerprint density at radius 2 is 2.10 bits per heavy atom. The molecular formula is C14H10BrFN4. The van der Waals surface area contributed by atoms with Crippen molar-refractivity contribution in [2.45, 2.75) is 0 Å². The molecule has 0 aliphatic heterocycles. The van der Waals surface area contributed by atoms with Crippen LogP contribution < -0.4 is 5.32 Å². The van der Waals surface area contributed by atoms with Gasteiger partial charge in [-0.25, -0.2) is 14.4 Å². The first kappa shape index (κ1) is 12.9. The number of anilines is 1. The third-order valence-corrected chi connectivity index (χ3v) is 3.33. The summed E-state index contributed by atoms with van der Waals surface area (Å²) in [5.41, 5.74) is 1.03. The smallest absolute Gasteiger partial charge is 0.163 e. The second-order valence-corrected chi connectivity index (χ2v) is 5.09. The molecule has 4 nitrogen and oxygen atoms in total. The Morgan fingerprint density at radius 1 is 1.25 bits per heavy atom. The van der Waals surface area contributed by atoms with Crippen LogP contribution in [0.5, 0.6) is 0 Å². The van der Waals surface area contributed by atoms with Gasteiger partial charge in [0.2, 0.25) is 0 Å². The average Bonchev–Trinajstić information content (AvgIpc) is 2.47. The zero-order valence-corrected chi connectivity index (χ0v) is 12.1. The molecule has 0 aliphatic rings. The number of hydrogen-bond acceptors (Lipinski definition) is 4. The number of aromatic nitrogens is 3. The van der Waals surface area contributed by atoms with Crippen LogP contribution in [-0.2, 0) is 0 Å². The molecular weight excluding hydrogens is 323 g/mol. The van der Waals surface area contributed by atoms with Gasteiger partial charge >= 0.3 is 0 Å². The minimum Gasteiger partial charge on any atom is -0.373 e. The van der Waals surface area contributed by atoms with Crippen LogP contribution in [0.4, 0.5) is 10.2 Å². The van der Waals surface area contributed by atoms with Gasteiger partial charge in [0, 0.05) is 34.9 Å². The van der Waals surface area contributed by atoms with E-state index in [9.17, 15) is 4.39 Å². The number of fused-ring (bicyclic) bond motifs is 1. The van der Waals surface area contributed by atoms with Gasteiger partial charge in [0.25, 0.3) is 0 Å². The summed E-state index contributed by atoms with van der Waals surface area (Å²) in [7, 11) is 1.74. The molecule has 0 saturated heterocycles. The van der Waals surface area contributed by atoms with E-state index in [0.29, 0.717) is 21.5 Å². The van der Waals surface area contributed by atoms with Crippen molar-refractivity contribution in [1.29, 1.82) is 0 Å². The summed E-state index contributed by atoms with van der Waals surface area (Å²) in [4.78, 5) is 12.8. The van der Waals surface area contributed by atoms with Gasteiger partial charge < -0.3 is 5.32 Å². The van der Waals surface area contributed by atoms with Gasteiger partial charge in [-0.15, -0.1) is 0 Å². The van der Waals surface area contributed by atoms with Crippen LogP contribution in [0.1, 0.15) is 0 Å². The van der Waals surface area contributed by atoms with Gasteiger partial charge in [-0.2, -0.15) is 0 Å². The fraction of sp³-hybridized carbons (Fsp3) is 0.0714. The van der Waals surface area contributed by atoms with Crippen LogP contribution in [0.25, 0.3) is 22.3 Å². The Bertz CT molecular complexity index is 777. The third-order valence-electron chi connectivity index (χ3n) is 2.88. The van der Waals surface area contributed by atoms with Gasteiger partial charge in [-0.3, -0.25) is 4.98 Å². The van der Waals surface area contributed by atoms with Crippen LogP contribution in [0.15, 0.2) is 41.1 Å². The molecule has 2 heterocycles. The standard InChI is InChI=1S/C14H10BrFN4/c1-17-14-10-5-9(15)6-11(16)12(10)19-13(20-14)8-3-2-4-18-7-8/h2-7H,1H3,(H,17,19,20). The van der Waals surface area contributed by atoms with Crippen LogP contribution >= 0.6 is 15.9 Å². The van der Waals surface area contributed by atoms with E-state index in [1.165, 1.54) is 6.07 Å². The molecule has 0 bridgehead atoms. The molecule has 0 saturated carbocycles. The molecule has 0 atom stereocenters. The van der Waals surface area contributed by atoms with Crippen LogP contribution in [0.3, 0.4) is 0 Å². The van der Waals surface area contributed by atoms with Crippen molar-refractivity contribution in [3.63, 3.8) is 0 Å². The highest BCUT2D eigenvalue weighted by Crippen LogP contribution is 2.29. The molecule has 3 rings (SSSR count). The second kappa shape index (κ2) is 5.13. The van der Waals surface area contributed by atoms with E-state index in [4.69, 9.17) is 0 Å². The number of nitrogens with one attached hydrogen (secondary N) is 1. The zero-order valence-electron chi connectivity index (χ0n) is 10.6. The van der Waals surface area contributed by atoms with Crippen molar-refractivity contribution >= 4 is 32.7 Å². The number of nitrogens with zero attached hydrogens (tertiary/aromatic N) is 3. The molecule has 100 valence electrons. The molecule has 20 heavy (non-hydrogen) atoms. The Morgan fingerprint density at radius 3 is 2.80 bits per heavy atom. The minimum atomic E-state index is -0.390. The normalized spacial score (nSPS) is 10.8. The summed E-state index contributed by atoms with van der Waals surface area (Å²) in [5.74, 6) is 0.628. The van der Waals surface area contributed by atoms with E-state index >= 15 is 0 Å². The molecule has 0 fully saturated rings. The Labute approximate surface area is 123 Å². The molecule has 0 spiro atoms. The quantitative estimate of drug-likeness (QED) is 0.778. The molecule has 0 amide bonds. The van der Waals surface area contributed by atoms with Crippen molar-refractivity contribution < 1.29 is 4.39 Å². The van der Waals surface area contributed by atoms with Crippen molar-refractivity contribution in [2.75, 3.05) is 12.4 Å². The van der Waals surface area contributed by atoms with Gasteiger partial charge in [0.15, 0.2) is 11.6 Å². The van der Waals surface area contributed by atoms with Crippen molar-refractivity contribution in [3.05, 3.63) is 46.9 Å². The maximum Gasteiger partial charge on any atom is 0.163 e. The predicted octanol–water partition coefficient (Wildman–Crippen LogP) is 3.64. The highest BCUT2D eigenvalue weighted by Gasteiger charge is 2.12. The lowest BCUT2D eigenvalue weighted by Crippen LogP contribution is -2.00. The van der Waals surface area contributed by atoms with E-state index in [0.717, 1.165) is 5.56 Å². The third kappa shape index (κ3) is 2.22. The lowest BCUT2D eigenvalue weighted by Gasteiger charge is -2.09. The molecule has 0 radical (unpaired) electrons.